The third kappa shape index (κ3) is 5.77. The Bertz CT molecular complexity index is 1070. The van der Waals surface area contributed by atoms with Gasteiger partial charge < -0.3 is 19.9 Å². The lowest BCUT2D eigenvalue weighted by atomic mass is 10.2. The number of anilines is 1. The van der Waals surface area contributed by atoms with Gasteiger partial charge in [-0.15, -0.1) is 10.2 Å². The van der Waals surface area contributed by atoms with E-state index in [4.69, 9.17) is 16.3 Å². The Morgan fingerprint density at radius 3 is 2.55 bits per heavy atom. The smallest absolute Gasteiger partial charge is 0.253 e. The number of rotatable bonds is 8. The Hall–Kier alpha value is -3.04. The zero-order chi connectivity index (χ0) is 22.4. The van der Waals surface area contributed by atoms with Gasteiger partial charge in [-0.3, -0.25) is 9.59 Å². The van der Waals surface area contributed by atoms with E-state index in [0.717, 1.165) is 5.75 Å². The van der Waals surface area contributed by atoms with E-state index in [9.17, 15) is 9.59 Å². The number of hydrogen-bond acceptors (Lipinski definition) is 6. The van der Waals surface area contributed by atoms with E-state index >= 15 is 0 Å². The largest absolute Gasteiger partial charge is 0.497 e. The van der Waals surface area contributed by atoms with Crippen LogP contribution in [0.3, 0.4) is 0 Å². The minimum atomic E-state index is -0.399. The van der Waals surface area contributed by atoms with Crippen LogP contribution in [0.1, 0.15) is 29.1 Å². The molecule has 0 radical (unpaired) electrons. The van der Waals surface area contributed by atoms with Gasteiger partial charge in [-0.2, -0.15) is 0 Å². The lowest BCUT2D eigenvalue weighted by Gasteiger charge is -2.14. The van der Waals surface area contributed by atoms with Crippen LogP contribution in [0, 0.1) is 0 Å². The zero-order valence-electron chi connectivity index (χ0n) is 17.3. The predicted octanol–water partition coefficient (Wildman–Crippen LogP) is 3.70. The summed E-state index contributed by atoms with van der Waals surface area (Å²) in [6.45, 7) is 1.81. The number of halogens is 1. The molecule has 3 rings (SSSR count). The highest BCUT2D eigenvalue weighted by atomic mass is 35.5. The monoisotopic (exact) mass is 459 g/mol. The molecule has 2 amide bonds. The van der Waals surface area contributed by atoms with Crippen LogP contribution in [0.15, 0.2) is 53.7 Å². The molecule has 0 bridgehead atoms. The minimum absolute atomic E-state index is 0.165. The van der Waals surface area contributed by atoms with E-state index < -0.39 is 6.04 Å². The number of thioether (sulfide) groups is 1. The minimum Gasteiger partial charge on any atom is -0.497 e. The third-order valence-electron chi connectivity index (χ3n) is 4.43. The fourth-order valence-electron chi connectivity index (χ4n) is 2.81. The van der Waals surface area contributed by atoms with Crippen LogP contribution < -0.4 is 15.4 Å². The van der Waals surface area contributed by atoms with Gasteiger partial charge in [0.1, 0.15) is 5.75 Å². The molecule has 3 aromatic rings. The summed E-state index contributed by atoms with van der Waals surface area (Å²) < 4.78 is 6.85. The summed E-state index contributed by atoms with van der Waals surface area (Å²) in [5, 5.41) is 14.9. The Kier molecular flexibility index (Phi) is 7.54. The second-order valence-corrected chi connectivity index (χ2v) is 7.99. The van der Waals surface area contributed by atoms with E-state index in [1.807, 2.05) is 6.92 Å². The summed E-state index contributed by atoms with van der Waals surface area (Å²) in [5.74, 6) is 0.986. The summed E-state index contributed by atoms with van der Waals surface area (Å²) >= 11 is 7.34. The number of carbonyl (C=O) groups is 2. The number of aromatic nitrogens is 3. The van der Waals surface area contributed by atoms with E-state index in [-0.39, 0.29) is 17.6 Å². The van der Waals surface area contributed by atoms with Crippen LogP contribution in [0.2, 0.25) is 5.02 Å². The summed E-state index contributed by atoms with van der Waals surface area (Å²) in [4.78, 5) is 24.7. The van der Waals surface area contributed by atoms with Gasteiger partial charge >= 0.3 is 0 Å². The maximum absolute atomic E-state index is 12.5. The highest BCUT2D eigenvalue weighted by Gasteiger charge is 2.20. The van der Waals surface area contributed by atoms with Crippen molar-refractivity contribution >= 4 is 40.9 Å². The molecule has 31 heavy (non-hydrogen) atoms. The number of hydrogen-bond donors (Lipinski definition) is 2. The number of nitrogens with one attached hydrogen (secondary N) is 2. The molecule has 1 aromatic heterocycles. The Morgan fingerprint density at radius 1 is 1.16 bits per heavy atom. The molecule has 10 heteroatoms. The summed E-state index contributed by atoms with van der Waals surface area (Å²) in [5.41, 5.74) is 1.07. The molecule has 0 aliphatic rings. The molecule has 1 heterocycles. The van der Waals surface area contributed by atoms with Crippen LogP contribution in [-0.2, 0) is 11.8 Å². The summed E-state index contributed by atoms with van der Waals surface area (Å²) in [7, 11) is 3.37. The van der Waals surface area contributed by atoms with E-state index in [1.165, 1.54) is 11.8 Å². The van der Waals surface area contributed by atoms with Gasteiger partial charge in [0.15, 0.2) is 11.0 Å². The van der Waals surface area contributed by atoms with Crippen molar-refractivity contribution in [1.82, 2.24) is 20.1 Å². The number of benzene rings is 2. The SMILES string of the molecule is COc1ccc(NC(=O)CSc2nnc([C@@H](C)NC(=O)c3ccccc3Cl)n2C)cc1. The van der Waals surface area contributed by atoms with Crippen molar-refractivity contribution in [3.63, 3.8) is 0 Å². The van der Waals surface area contributed by atoms with Crippen LogP contribution in [0.5, 0.6) is 5.75 Å². The first kappa shape index (κ1) is 22.6. The van der Waals surface area contributed by atoms with Crippen LogP contribution in [-0.4, -0.2) is 39.4 Å². The molecule has 1 atom stereocenters. The van der Waals surface area contributed by atoms with Crippen molar-refractivity contribution in [2.45, 2.75) is 18.1 Å². The second-order valence-electron chi connectivity index (χ2n) is 6.64. The van der Waals surface area contributed by atoms with Gasteiger partial charge in [0.2, 0.25) is 5.91 Å². The van der Waals surface area contributed by atoms with Crippen LogP contribution in [0.25, 0.3) is 0 Å². The maximum atomic E-state index is 12.5. The first-order valence-corrected chi connectivity index (χ1v) is 10.8. The first-order chi connectivity index (χ1) is 14.9. The summed E-state index contributed by atoms with van der Waals surface area (Å²) in [6, 6.07) is 13.5. The quantitative estimate of drug-likeness (QED) is 0.498. The number of amides is 2. The van der Waals surface area contributed by atoms with Gasteiger partial charge in [-0.05, 0) is 43.3 Å². The van der Waals surface area contributed by atoms with Gasteiger partial charge in [0.05, 0.1) is 29.5 Å². The maximum Gasteiger partial charge on any atom is 0.253 e. The van der Waals surface area contributed by atoms with Crippen LogP contribution in [0.4, 0.5) is 5.69 Å². The van der Waals surface area contributed by atoms with Crippen LogP contribution >= 0.6 is 23.4 Å². The molecule has 162 valence electrons. The lowest BCUT2D eigenvalue weighted by molar-refractivity contribution is -0.113. The van der Waals surface area contributed by atoms with E-state index in [2.05, 4.69) is 20.8 Å². The molecule has 0 saturated carbocycles. The molecule has 0 aliphatic carbocycles. The van der Waals surface area contributed by atoms with Crippen molar-refractivity contribution < 1.29 is 14.3 Å². The highest BCUT2D eigenvalue weighted by molar-refractivity contribution is 7.99. The highest BCUT2D eigenvalue weighted by Crippen LogP contribution is 2.21. The normalized spacial score (nSPS) is 11.6. The number of ether oxygens (including phenoxy) is 1. The van der Waals surface area contributed by atoms with Gasteiger partial charge in [0.25, 0.3) is 5.91 Å². The molecule has 2 aromatic carbocycles. The molecule has 0 aliphatic heterocycles. The third-order valence-corrected chi connectivity index (χ3v) is 5.78. The molecule has 0 unspecified atom stereocenters. The van der Waals surface area contributed by atoms with Crippen molar-refractivity contribution in [2.75, 3.05) is 18.2 Å². The number of nitrogens with zero attached hydrogens (tertiary/aromatic N) is 3. The van der Waals surface area contributed by atoms with Crippen molar-refractivity contribution in [3.05, 3.63) is 64.9 Å². The Balaban J connectivity index is 1.57. The standard InChI is InChI=1S/C21H22ClN5O3S/c1-13(23-20(29)16-6-4-5-7-17(16)22)19-25-26-21(27(19)2)31-12-18(28)24-14-8-10-15(30-3)11-9-14/h4-11,13H,12H2,1-3H3,(H,23,29)(H,24,28)/t13-/m1/s1. The molecule has 8 nitrogen and oxygen atoms in total. The van der Waals surface area contributed by atoms with Crippen molar-refractivity contribution in [1.29, 1.82) is 0 Å². The number of methoxy groups -OCH3 is 1. The molecule has 0 spiro atoms. The molecule has 2 N–H and O–H groups in total. The summed E-state index contributed by atoms with van der Waals surface area (Å²) in [6.07, 6.45) is 0. The average Bonchev–Trinajstić information content (AvgIpc) is 3.13. The van der Waals surface area contributed by atoms with Gasteiger partial charge in [-0.1, -0.05) is 35.5 Å². The first-order valence-electron chi connectivity index (χ1n) is 9.40. The van der Waals surface area contributed by atoms with Gasteiger partial charge in [-0.25, -0.2) is 0 Å². The lowest BCUT2D eigenvalue weighted by Crippen LogP contribution is -2.28. The van der Waals surface area contributed by atoms with E-state index in [0.29, 0.717) is 27.3 Å². The predicted molar refractivity (Wildman–Crippen MR) is 121 cm³/mol. The topological polar surface area (TPSA) is 98.1 Å². The molecule has 0 fully saturated rings. The average molecular weight is 460 g/mol. The Labute approximate surface area is 189 Å². The molecule has 0 saturated heterocycles. The van der Waals surface area contributed by atoms with Crippen molar-refractivity contribution in [3.8, 4) is 5.75 Å². The molecular formula is C21H22ClN5O3S. The molecular weight excluding hydrogens is 438 g/mol. The fraction of sp³-hybridized carbons (Fsp3) is 0.238. The Morgan fingerprint density at radius 2 is 1.87 bits per heavy atom. The zero-order valence-corrected chi connectivity index (χ0v) is 18.8. The fourth-order valence-corrected chi connectivity index (χ4v) is 3.75. The second kappa shape index (κ2) is 10.3. The van der Waals surface area contributed by atoms with Crippen molar-refractivity contribution in [2.24, 2.45) is 7.05 Å². The van der Waals surface area contributed by atoms with E-state index in [1.54, 1.807) is 67.3 Å². The number of carbonyl (C=O) groups excluding carboxylic acids is 2. The van der Waals surface area contributed by atoms with Gasteiger partial charge in [0, 0.05) is 12.7 Å².